The van der Waals surface area contributed by atoms with Gasteiger partial charge < -0.3 is 4.74 Å². The molecule has 0 aromatic heterocycles. The molecular formula is C22H27NO5S. The molecule has 0 unspecified atom stereocenters. The quantitative estimate of drug-likeness (QED) is 0.526. The lowest BCUT2D eigenvalue weighted by atomic mass is 9.93. The molecule has 0 bridgehead atoms. The summed E-state index contributed by atoms with van der Waals surface area (Å²) in [5.74, 6) is -0.912. The van der Waals surface area contributed by atoms with Crippen LogP contribution in [0.1, 0.15) is 44.6 Å². The maximum absolute atomic E-state index is 12.4. The van der Waals surface area contributed by atoms with Gasteiger partial charge in [-0.2, -0.15) is 0 Å². The van der Waals surface area contributed by atoms with E-state index in [1.807, 2.05) is 40.7 Å². The molecule has 0 radical (unpaired) electrons. The van der Waals surface area contributed by atoms with Gasteiger partial charge in [-0.25, -0.2) is 13.1 Å². The highest BCUT2D eigenvalue weighted by Crippen LogP contribution is 2.21. The lowest BCUT2D eigenvalue weighted by Crippen LogP contribution is -2.27. The van der Waals surface area contributed by atoms with Crippen molar-refractivity contribution in [3.8, 4) is 0 Å². The first-order valence-corrected chi connectivity index (χ1v) is 10.8. The van der Waals surface area contributed by atoms with Gasteiger partial charge in [0.2, 0.25) is 15.8 Å². The number of benzene rings is 2. The maximum atomic E-state index is 12.4. The van der Waals surface area contributed by atoms with E-state index in [4.69, 9.17) is 4.74 Å². The van der Waals surface area contributed by atoms with Crippen molar-refractivity contribution in [2.24, 2.45) is 0 Å². The lowest BCUT2D eigenvalue weighted by Gasteiger charge is -2.13. The van der Waals surface area contributed by atoms with E-state index < -0.39 is 16.0 Å². The Labute approximate surface area is 172 Å². The van der Waals surface area contributed by atoms with Crippen LogP contribution >= 0.6 is 0 Å². The highest BCUT2D eigenvalue weighted by Gasteiger charge is 2.17. The Bertz CT molecular complexity index is 1020. The molecule has 2 aromatic rings. The van der Waals surface area contributed by atoms with Gasteiger partial charge in [-0.05, 0) is 75.1 Å². The molecule has 0 fully saturated rings. The van der Waals surface area contributed by atoms with E-state index in [1.165, 1.54) is 12.1 Å². The minimum Gasteiger partial charge on any atom is -0.457 e. The fourth-order valence-corrected chi connectivity index (χ4v) is 3.92. The van der Waals surface area contributed by atoms with E-state index in [0.29, 0.717) is 5.56 Å². The number of hydrogen-bond acceptors (Lipinski definition) is 5. The minimum atomic E-state index is -3.69. The van der Waals surface area contributed by atoms with E-state index in [-0.39, 0.29) is 30.3 Å². The van der Waals surface area contributed by atoms with Gasteiger partial charge in [-0.1, -0.05) is 17.7 Å². The van der Waals surface area contributed by atoms with Crippen molar-refractivity contribution >= 4 is 21.8 Å². The molecule has 0 heterocycles. The number of hydrogen-bond donors (Lipinski definition) is 1. The maximum Gasteiger partial charge on any atom is 0.307 e. The standard InChI is InChI=1S/C22H27NO5S/c1-14-6-8-19(9-7-14)29(26,27)23-11-10-22(25)28-13-21(24)20-12-15(2)16(3)17(4)18(20)5/h6-9,12,23H,10-11,13H2,1-5H3. The molecule has 156 valence electrons. The molecule has 7 heteroatoms. The molecule has 0 aliphatic heterocycles. The third-order valence-corrected chi connectivity index (χ3v) is 6.58. The third kappa shape index (κ3) is 5.74. The van der Waals surface area contributed by atoms with Gasteiger partial charge in [0.1, 0.15) is 0 Å². The topological polar surface area (TPSA) is 89.5 Å². The normalized spacial score (nSPS) is 11.3. The molecule has 2 aromatic carbocycles. The first-order valence-electron chi connectivity index (χ1n) is 9.35. The summed E-state index contributed by atoms with van der Waals surface area (Å²) in [5.41, 5.74) is 5.56. The number of carbonyl (C=O) groups excluding carboxylic acids is 2. The fraction of sp³-hybridized carbons (Fsp3) is 0.364. The van der Waals surface area contributed by atoms with Crippen molar-refractivity contribution in [3.05, 3.63) is 63.7 Å². The van der Waals surface area contributed by atoms with Crippen molar-refractivity contribution < 1.29 is 22.7 Å². The number of sulfonamides is 1. The van der Waals surface area contributed by atoms with E-state index in [0.717, 1.165) is 27.8 Å². The fourth-order valence-electron chi connectivity index (χ4n) is 2.89. The van der Waals surface area contributed by atoms with Crippen LogP contribution < -0.4 is 4.72 Å². The molecule has 0 spiro atoms. The van der Waals surface area contributed by atoms with Crippen LogP contribution in [0.4, 0.5) is 0 Å². The summed E-state index contributed by atoms with van der Waals surface area (Å²) < 4.78 is 31.8. The van der Waals surface area contributed by atoms with Crippen LogP contribution in [0.2, 0.25) is 0 Å². The average molecular weight is 418 g/mol. The summed E-state index contributed by atoms with van der Waals surface area (Å²) >= 11 is 0. The minimum absolute atomic E-state index is 0.106. The van der Waals surface area contributed by atoms with Crippen molar-refractivity contribution in [1.29, 1.82) is 0 Å². The Morgan fingerprint density at radius 3 is 2.17 bits per heavy atom. The second kappa shape index (κ2) is 9.33. The number of aryl methyl sites for hydroxylation is 2. The van der Waals surface area contributed by atoms with E-state index >= 15 is 0 Å². The molecule has 0 saturated carbocycles. The SMILES string of the molecule is Cc1ccc(S(=O)(=O)NCCC(=O)OCC(=O)c2cc(C)c(C)c(C)c2C)cc1. The first kappa shape index (κ1) is 22.8. The molecule has 1 N–H and O–H groups in total. The molecule has 6 nitrogen and oxygen atoms in total. The molecule has 0 saturated heterocycles. The van der Waals surface area contributed by atoms with Gasteiger partial charge in [-0.3, -0.25) is 9.59 Å². The molecule has 0 amide bonds. The van der Waals surface area contributed by atoms with Crippen molar-refractivity contribution in [3.63, 3.8) is 0 Å². The number of ketones is 1. The van der Waals surface area contributed by atoms with Crippen molar-refractivity contribution in [2.45, 2.75) is 45.9 Å². The monoisotopic (exact) mass is 417 g/mol. The Morgan fingerprint density at radius 1 is 0.931 bits per heavy atom. The van der Waals surface area contributed by atoms with Crippen LogP contribution in [0.15, 0.2) is 35.2 Å². The summed E-state index contributed by atoms with van der Waals surface area (Å²) in [5, 5.41) is 0. The number of esters is 1. The summed E-state index contributed by atoms with van der Waals surface area (Å²) in [6.07, 6.45) is -0.163. The molecule has 0 atom stereocenters. The van der Waals surface area contributed by atoms with Crippen LogP contribution in [0.5, 0.6) is 0 Å². The first-order chi connectivity index (χ1) is 13.5. The summed E-state index contributed by atoms with van der Waals surface area (Å²) in [7, 11) is -3.69. The number of rotatable bonds is 8. The van der Waals surface area contributed by atoms with Crippen LogP contribution in [-0.4, -0.2) is 33.3 Å². The van der Waals surface area contributed by atoms with Crippen LogP contribution in [0.25, 0.3) is 0 Å². The second-order valence-electron chi connectivity index (χ2n) is 7.16. The zero-order valence-electron chi connectivity index (χ0n) is 17.5. The molecule has 29 heavy (non-hydrogen) atoms. The van der Waals surface area contributed by atoms with Gasteiger partial charge >= 0.3 is 5.97 Å². The zero-order valence-corrected chi connectivity index (χ0v) is 18.3. The second-order valence-corrected chi connectivity index (χ2v) is 8.93. The Kier molecular flexibility index (Phi) is 7.32. The molecule has 0 aliphatic carbocycles. The summed E-state index contributed by atoms with van der Waals surface area (Å²) in [6.45, 7) is 9.16. The van der Waals surface area contributed by atoms with E-state index in [2.05, 4.69) is 4.72 Å². The smallest absolute Gasteiger partial charge is 0.307 e. The summed E-state index contributed by atoms with van der Waals surface area (Å²) in [4.78, 5) is 24.5. The number of ether oxygens (including phenoxy) is 1. The van der Waals surface area contributed by atoms with Crippen molar-refractivity contribution in [1.82, 2.24) is 4.72 Å². The van der Waals surface area contributed by atoms with Crippen molar-refractivity contribution in [2.75, 3.05) is 13.2 Å². The predicted molar refractivity (Wildman–Crippen MR) is 112 cm³/mol. The van der Waals surface area contributed by atoms with E-state index in [1.54, 1.807) is 12.1 Å². The highest BCUT2D eigenvalue weighted by atomic mass is 32.2. The van der Waals surface area contributed by atoms with Crippen LogP contribution in [-0.2, 0) is 19.6 Å². The molecular weight excluding hydrogens is 390 g/mol. The van der Waals surface area contributed by atoms with Crippen LogP contribution in [0.3, 0.4) is 0 Å². The number of carbonyl (C=O) groups is 2. The predicted octanol–water partition coefficient (Wildman–Crippen LogP) is 3.32. The van der Waals surface area contributed by atoms with Crippen LogP contribution in [0, 0.1) is 34.6 Å². The van der Waals surface area contributed by atoms with Gasteiger partial charge in [0.15, 0.2) is 6.61 Å². The summed E-state index contributed by atoms with van der Waals surface area (Å²) in [6, 6.07) is 8.21. The van der Waals surface area contributed by atoms with Gasteiger partial charge in [-0.15, -0.1) is 0 Å². The van der Waals surface area contributed by atoms with E-state index in [9.17, 15) is 18.0 Å². The Morgan fingerprint density at radius 2 is 1.55 bits per heavy atom. The number of nitrogens with one attached hydrogen (secondary N) is 1. The largest absolute Gasteiger partial charge is 0.457 e. The van der Waals surface area contributed by atoms with Gasteiger partial charge in [0.05, 0.1) is 11.3 Å². The lowest BCUT2D eigenvalue weighted by molar-refractivity contribution is -0.142. The highest BCUT2D eigenvalue weighted by molar-refractivity contribution is 7.89. The molecule has 0 aliphatic rings. The van der Waals surface area contributed by atoms with Gasteiger partial charge in [0, 0.05) is 12.1 Å². The Balaban J connectivity index is 1.87. The third-order valence-electron chi connectivity index (χ3n) is 5.10. The molecule has 2 rings (SSSR count). The zero-order chi connectivity index (χ0) is 21.8. The average Bonchev–Trinajstić information content (AvgIpc) is 2.67. The van der Waals surface area contributed by atoms with Gasteiger partial charge in [0.25, 0.3) is 0 Å². The number of Topliss-reactive ketones (excluding diaryl/α,β-unsaturated/α-hetero) is 1. The Hall–Kier alpha value is -2.51.